The van der Waals surface area contributed by atoms with Gasteiger partial charge in [0.1, 0.15) is 5.82 Å². The molecule has 0 unspecified atom stereocenters. The van der Waals surface area contributed by atoms with Crippen molar-refractivity contribution in [2.24, 2.45) is 5.92 Å². The monoisotopic (exact) mass is 268 g/mol. The van der Waals surface area contributed by atoms with Crippen LogP contribution in [-0.2, 0) is 0 Å². The summed E-state index contributed by atoms with van der Waals surface area (Å²) in [6, 6.07) is 2.83. The number of rotatable bonds is 4. The van der Waals surface area contributed by atoms with E-state index in [2.05, 4.69) is 5.32 Å². The summed E-state index contributed by atoms with van der Waals surface area (Å²) in [4.78, 5) is 21.6. The Hall–Kier alpha value is -2.02. The second kappa shape index (κ2) is 5.31. The lowest BCUT2D eigenvalue weighted by Gasteiger charge is -2.31. The van der Waals surface area contributed by atoms with Crippen LogP contribution in [0.15, 0.2) is 18.2 Å². The first kappa shape index (κ1) is 13.4. The Labute approximate surface area is 108 Å². The first-order valence-corrected chi connectivity index (χ1v) is 5.87. The van der Waals surface area contributed by atoms with Gasteiger partial charge in [-0.25, -0.2) is 4.39 Å². The third-order valence-corrected chi connectivity index (χ3v) is 3.17. The van der Waals surface area contributed by atoms with E-state index in [1.165, 1.54) is 0 Å². The second-order valence-electron chi connectivity index (χ2n) is 4.62. The smallest absolute Gasteiger partial charge is 0.270 e. The molecule has 1 aromatic carbocycles. The van der Waals surface area contributed by atoms with Crippen molar-refractivity contribution in [3.63, 3.8) is 0 Å². The van der Waals surface area contributed by atoms with Gasteiger partial charge in [0.2, 0.25) is 0 Å². The van der Waals surface area contributed by atoms with Crippen molar-refractivity contribution in [3.8, 4) is 0 Å². The fraction of sp³-hybridized carbons (Fsp3) is 0.417. The molecule has 6 nitrogen and oxygen atoms in total. The summed E-state index contributed by atoms with van der Waals surface area (Å²) in [6.45, 7) is 0.331. The number of amides is 1. The fourth-order valence-electron chi connectivity index (χ4n) is 2.00. The van der Waals surface area contributed by atoms with Gasteiger partial charge in [0.15, 0.2) is 0 Å². The molecule has 1 aromatic rings. The molecule has 1 saturated carbocycles. The van der Waals surface area contributed by atoms with E-state index in [0.717, 1.165) is 18.2 Å². The number of carbonyl (C=O) groups excluding carboxylic acids is 1. The van der Waals surface area contributed by atoms with Gasteiger partial charge in [0.25, 0.3) is 11.6 Å². The van der Waals surface area contributed by atoms with Crippen molar-refractivity contribution >= 4 is 11.6 Å². The molecular weight excluding hydrogens is 255 g/mol. The lowest BCUT2D eigenvalue weighted by atomic mass is 9.82. The van der Waals surface area contributed by atoms with Crippen LogP contribution in [0.3, 0.4) is 0 Å². The van der Waals surface area contributed by atoms with Crippen LogP contribution in [-0.4, -0.2) is 28.6 Å². The lowest BCUT2D eigenvalue weighted by molar-refractivity contribution is -0.384. The van der Waals surface area contributed by atoms with Gasteiger partial charge in [0.05, 0.1) is 16.6 Å². The molecule has 0 heterocycles. The SMILES string of the molecule is O=C(NCC1CC(O)C1)c1cc([N+](=O)[O-])ccc1F. The number of nitrogens with one attached hydrogen (secondary N) is 1. The van der Waals surface area contributed by atoms with Crippen molar-refractivity contribution in [1.29, 1.82) is 0 Å². The van der Waals surface area contributed by atoms with Crippen molar-refractivity contribution in [3.05, 3.63) is 39.7 Å². The Kier molecular flexibility index (Phi) is 3.75. The van der Waals surface area contributed by atoms with Gasteiger partial charge in [-0.3, -0.25) is 14.9 Å². The molecule has 1 aliphatic carbocycles. The molecule has 0 aromatic heterocycles. The van der Waals surface area contributed by atoms with Crippen molar-refractivity contribution in [1.82, 2.24) is 5.32 Å². The Morgan fingerprint density at radius 1 is 1.53 bits per heavy atom. The lowest BCUT2D eigenvalue weighted by Crippen LogP contribution is -2.38. The number of nitro groups is 1. The molecule has 1 fully saturated rings. The molecule has 0 spiro atoms. The average Bonchev–Trinajstić information content (AvgIpc) is 2.33. The summed E-state index contributed by atoms with van der Waals surface area (Å²) < 4.78 is 13.4. The molecule has 0 saturated heterocycles. The maximum Gasteiger partial charge on any atom is 0.270 e. The van der Waals surface area contributed by atoms with E-state index in [-0.39, 0.29) is 23.3 Å². The molecule has 102 valence electrons. The summed E-state index contributed by atoms with van der Waals surface area (Å²) in [5.74, 6) is -1.29. The third kappa shape index (κ3) is 3.05. The molecule has 2 N–H and O–H groups in total. The molecule has 0 radical (unpaired) electrons. The highest BCUT2D eigenvalue weighted by Gasteiger charge is 2.27. The van der Waals surface area contributed by atoms with Crippen LogP contribution in [0, 0.1) is 21.8 Å². The molecular formula is C12H13FN2O4. The van der Waals surface area contributed by atoms with Crippen LogP contribution in [0.4, 0.5) is 10.1 Å². The molecule has 7 heteroatoms. The highest BCUT2D eigenvalue weighted by molar-refractivity contribution is 5.95. The Morgan fingerprint density at radius 3 is 2.79 bits per heavy atom. The molecule has 19 heavy (non-hydrogen) atoms. The zero-order valence-electron chi connectivity index (χ0n) is 10.0. The average molecular weight is 268 g/mol. The van der Waals surface area contributed by atoms with Gasteiger partial charge in [0, 0.05) is 18.7 Å². The number of hydrogen-bond acceptors (Lipinski definition) is 4. The van der Waals surface area contributed by atoms with Gasteiger partial charge in [-0.2, -0.15) is 0 Å². The van der Waals surface area contributed by atoms with Crippen LogP contribution in [0.25, 0.3) is 0 Å². The Balaban J connectivity index is 2.01. The maximum atomic E-state index is 13.4. The van der Waals surface area contributed by atoms with E-state index >= 15 is 0 Å². The van der Waals surface area contributed by atoms with Crippen molar-refractivity contribution in [2.75, 3.05) is 6.54 Å². The van der Waals surface area contributed by atoms with Gasteiger partial charge in [-0.05, 0) is 24.8 Å². The van der Waals surface area contributed by atoms with E-state index in [1.54, 1.807) is 0 Å². The number of benzene rings is 1. The van der Waals surface area contributed by atoms with E-state index in [0.29, 0.717) is 19.4 Å². The van der Waals surface area contributed by atoms with Gasteiger partial charge < -0.3 is 10.4 Å². The minimum absolute atomic E-state index is 0.181. The molecule has 0 atom stereocenters. The van der Waals surface area contributed by atoms with E-state index in [9.17, 15) is 19.3 Å². The van der Waals surface area contributed by atoms with Gasteiger partial charge >= 0.3 is 0 Å². The first-order valence-electron chi connectivity index (χ1n) is 5.87. The third-order valence-electron chi connectivity index (χ3n) is 3.17. The number of aliphatic hydroxyl groups excluding tert-OH is 1. The van der Waals surface area contributed by atoms with E-state index in [1.807, 2.05) is 0 Å². The van der Waals surface area contributed by atoms with Crippen LogP contribution < -0.4 is 5.32 Å². The van der Waals surface area contributed by atoms with Gasteiger partial charge in [-0.15, -0.1) is 0 Å². The Morgan fingerprint density at radius 2 is 2.21 bits per heavy atom. The number of carbonyl (C=O) groups is 1. The summed E-state index contributed by atoms with van der Waals surface area (Å²) in [5.41, 5.74) is -0.667. The number of aliphatic hydroxyl groups is 1. The number of nitrogens with zero attached hydrogens (tertiary/aromatic N) is 1. The highest BCUT2D eigenvalue weighted by Crippen LogP contribution is 2.26. The van der Waals surface area contributed by atoms with Crippen molar-refractivity contribution in [2.45, 2.75) is 18.9 Å². The Bertz CT molecular complexity index is 514. The number of non-ortho nitro benzene ring substituents is 1. The normalized spacial score (nSPS) is 21.6. The standard InChI is InChI=1S/C12H13FN2O4/c13-11-2-1-8(15(18)19)5-10(11)12(17)14-6-7-3-9(16)4-7/h1-2,5,7,9,16H,3-4,6H2,(H,14,17). The number of nitro benzene ring substituents is 1. The molecule has 1 amide bonds. The predicted octanol–water partition coefficient (Wildman–Crippen LogP) is 1.23. The number of halogens is 1. The topological polar surface area (TPSA) is 92.5 Å². The molecule has 2 rings (SSSR count). The fourth-order valence-corrected chi connectivity index (χ4v) is 2.00. The molecule has 0 bridgehead atoms. The first-order chi connectivity index (χ1) is 8.97. The van der Waals surface area contributed by atoms with Crippen LogP contribution >= 0.6 is 0 Å². The van der Waals surface area contributed by atoms with Crippen LogP contribution in [0.2, 0.25) is 0 Å². The number of hydrogen-bond donors (Lipinski definition) is 2. The zero-order chi connectivity index (χ0) is 14.0. The molecule has 1 aliphatic rings. The van der Waals surface area contributed by atoms with Crippen LogP contribution in [0.5, 0.6) is 0 Å². The second-order valence-corrected chi connectivity index (χ2v) is 4.62. The van der Waals surface area contributed by atoms with Crippen molar-refractivity contribution < 1.29 is 19.2 Å². The maximum absolute atomic E-state index is 13.4. The predicted molar refractivity (Wildman–Crippen MR) is 64.1 cm³/mol. The van der Waals surface area contributed by atoms with E-state index < -0.39 is 16.6 Å². The van der Waals surface area contributed by atoms with Gasteiger partial charge in [-0.1, -0.05) is 0 Å². The van der Waals surface area contributed by atoms with E-state index in [4.69, 9.17) is 5.11 Å². The minimum Gasteiger partial charge on any atom is -0.393 e. The minimum atomic E-state index is -0.795. The zero-order valence-corrected chi connectivity index (χ0v) is 10.0. The largest absolute Gasteiger partial charge is 0.393 e. The van der Waals surface area contributed by atoms with Crippen LogP contribution in [0.1, 0.15) is 23.2 Å². The highest BCUT2D eigenvalue weighted by atomic mass is 19.1. The summed E-state index contributed by atoms with van der Waals surface area (Å²) in [6.07, 6.45) is 0.895. The molecule has 0 aliphatic heterocycles. The summed E-state index contributed by atoms with van der Waals surface area (Å²) in [5, 5.41) is 22.2. The summed E-state index contributed by atoms with van der Waals surface area (Å²) >= 11 is 0. The summed E-state index contributed by atoms with van der Waals surface area (Å²) in [7, 11) is 0. The quantitative estimate of drug-likeness (QED) is 0.634.